The summed E-state index contributed by atoms with van der Waals surface area (Å²) in [7, 11) is 0. The van der Waals surface area contributed by atoms with E-state index in [-0.39, 0.29) is 11.4 Å². The summed E-state index contributed by atoms with van der Waals surface area (Å²) in [6.07, 6.45) is 9.95. The Morgan fingerprint density at radius 2 is 2.14 bits per heavy atom. The number of rotatable bonds is 7. The summed E-state index contributed by atoms with van der Waals surface area (Å²) in [4.78, 5) is 23.5. The van der Waals surface area contributed by atoms with Gasteiger partial charge in [-0.15, -0.1) is 0 Å². The van der Waals surface area contributed by atoms with Crippen molar-refractivity contribution in [2.45, 2.75) is 57.8 Å². The van der Waals surface area contributed by atoms with Crippen LogP contribution in [0.2, 0.25) is 0 Å². The van der Waals surface area contributed by atoms with Gasteiger partial charge in [-0.25, -0.2) is 4.79 Å². The second kappa shape index (κ2) is 8.51. The van der Waals surface area contributed by atoms with Crippen LogP contribution in [0.4, 0.5) is 4.79 Å². The van der Waals surface area contributed by atoms with Gasteiger partial charge in [-0.2, -0.15) is 4.98 Å². The molecule has 0 spiro atoms. The molecule has 1 unspecified atom stereocenters. The van der Waals surface area contributed by atoms with E-state index in [0.717, 1.165) is 50.2 Å². The monoisotopic (exact) mass is 397 g/mol. The molecule has 0 aromatic carbocycles. The summed E-state index contributed by atoms with van der Waals surface area (Å²) in [6.45, 7) is 6.51. The maximum atomic E-state index is 12.8. The minimum atomic E-state index is -0.219. The molecule has 1 aliphatic carbocycles. The lowest BCUT2D eigenvalue weighted by Crippen LogP contribution is -2.52. The molecule has 2 fully saturated rings. The van der Waals surface area contributed by atoms with E-state index in [2.05, 4.69) is 29.3 Å². The van der Waals surface area contributed by atoms with Crippen molar-refractivity contribution in [1.82, 2.24) is 25.3 Å². The highest BCUT2D eigenvalue weighted by molar-refractivity contribution is 5.74. The number of urea groups is 1. The fourth-order valence-corrected chi connectivity index (χ4v) is 4.25. The summed E-state index contributed by atoms with van der Waals surface area (Å²) in [5.74, 6) is 2.56. The van der Waals surface area contributed by atoms with E-state index in [1.165, 1.54) is 12.8 Å². The van der Waals surface area contributed by atoms with E-state index < -0.39 is 0 Å². The molecular formula is C22H31N5O2. The number of piperidine rings is 1. The lowest BCUT2D eigenvalue weighted by Gasteiger charge is -2.41. The van der Waals surface area contributed by atoms with Crippen LogP contribution >= 0.6 is 0 Å². The number of nitrogens with zero attached hydrogens (tertiary/aromatic N) is 4. The van der Waals surface area contributed by atoms with Crippen LogP contribution in [0.25, 0.3) is 11.5 Å². The Hall–Kier alpha value is -2.44. The number of carbonyl (C=O) groups is 1. The van der Waals surface area contributed by atoms with Gasteiger partial charge in [-0.1, -0.05) is 31.8 Å². The molecule has 7 nitrogen and oxygen atoms in total. The van der Waals surface area contributed by atoms with Crippen LogP contribution in [0, 0.1) is 11.8 Å². The van der Waals surface area contributed by atoms with E-state index in [1.807, 2.05) is 17.0 Å². The standard InChI is InChI=1S/C22H31N5O2/c1-16(2)6-12-24-21(28)27-13-3-9-22(15-27,14-17-4-5-17)20-25-19(29-26-20)18-7-10-23-11-8-18/h7-8,10-11,16-17H,3-6,9,12-15H2,1-2H3,(H,24,28). The summed E-state index contributed by atoms with van der Waals surface area (Å²) < 4.78 is 5.61. The second-order valence-electron chi connectivity index (χ2n) is 9.03. The number of carbonyl (C=O) groups excluding carboxylic acids is 1. The summed E-state index contributed by atoms with van der Waals surface area (Å²) in [5.41, 5.74) is 0.656. The van der Waals surface area contributed by atoms with Crippen LogP contribution in [-0.2, 0) is 5.41 Å². The van der Waals surface area contributed by atoms with Crippen LogP contribution in [0.1, 0.15) is 58.2 Å². The molecule has 1 saturated carbocycles. The predicted octanol–water partition coefficient (Wildman–Crippen LogP) is 4.02. The van der Waals surface area contributed by atoms with E-state index in [1.54, 1.807) is 12.4 Å². The van der Waals surface area contributed by atoms with Crippen LogP contribution in [0.3, 0.4) is 0 Å². The number of amides is 2. The molecule has 156 valence electrons. The van der Waals surface area contributed by atoms with Crippen LogP contribution in [0.5, 0.6) is 0 Å². The molecule has 2 aromatic heterocycles. The third kappa shape index (κ3) is 4.77. The first kappa shape index (κ1) is 19.9. The Labute approximate surface area is 172 Å². The molecule has 0 radical (unpaired) electrons. The average Bonchev–Trinajstić information content (AvgIpc) is 3.38. The highest BCUT2D eigenvalue weighted by Crippen LogP contribution is 2.45. The third-order valence-corrected chi connectivity index (χ3v) is 6.07. The number of pyridine rings is 1. The normalized spacial score (nSPS) is 22.1. The van der Waals surface area contributed by atoms with Gasteiger partial charge in [-0.05, 0) is 49.7 Å². The number of aromatic nitrogens is 3. The van der Waals surface area contributed by atoms with E-state index in [0.29, 0.717) is 24.3 Å². The maximum Gasteiger partial charge on any atom is 0.317 e. The molecular weight excluding hydrogens is 366 g/mol. The van der Waals surface area contributed by atoms with Crippen LogP contribution in [0.15, 0.2) is 29.0 Å². The predicted molar refractivity (Wildman–Crippen MR) is 110 cm³/mol. The molecule has 1 saturated heterocycles. The fourth-order valence-electron chi connectivity index (χ4n) is 4.25. The van der Waals surface area contributed by atoms with Crippen molar-refractivity contribution in [1.29, 1.82) is 0 Å². The van der Waals surface area contributed by atoms with Gasteiger partial charge in [0.15, 0.2) is 5.82 Å². The van der Waals surface area contributed by atoms with Gasteiger partial charge in [0.25, 0.3) is 5.89 Å². The summed E-state index contributed by atoms with van der Waals surface area (Å²) in [5, 5.41) is 7.47. The van der Waals surface area contributed by atoms with E-state index in [4.69, 9.17) is 9.51 Å². The summed E-state index contributed by atoms with van der Waals surface area (Å²) >= 11 is 0. The molecule has 1 N–H and O–H groups in total. The number of hydrogen-bond donors (Lipinski definition) is 1. The molecule has 1 atom stereocenters. The second-order valence-corrected chi connectivity index (χ2v) is 9.03. The fraction of sp³-hybridized carbons (Fsp3) is 0.636. The van der Waals surface area contributed by atoms with Crippen molar-refractivity contribution in [3.63, 3.8) is 0 Å². The largest absolute Gasteiger partial charge is 0.338 e. The third-order valence-electron chi connectivity index (χ3n) is 6.07. The first-order chi connectivity index (χ1) is 14.1. The zero-order chi connectivity index (χ0) is 20.3. The molecule has 7 heteroatoms. The molecule has 4 rings (SSSR count). The molecule has 2 amide bonds. The zero-order valence-corrected chi connectivity index (χ0v) is 17.4. The number of nitrogens with one attached hydrogen (secondary N) is 1. The van der Waals surface area contributed by atoms with Crippen molar-refractivity contribution in [2.24, 2.45) is 11.8 Å². The van der Waals surface area contributed by atoms with Crippen molar-refractivity contribution in [2.75, 3.05) is 19.6 Å². The van der Waals surface area contributed by atoms with Gasteiger partial charge in [0.2, 0.25) is 0 Å². The molecule has 1 aliphatic heterocycles. The highest BCUT2D eigenvalue weighted by Gasteiger charge is 2.45. The summed E-state index contributed by atoms with van der Waals surface area (Å²) in [6, 6.07) is 3.78. The number of hydrogen-bond acceptors (Lipinski definition) is 5. The van der Waals surface area contributed by atoms with Crippen molar-refractivity contribution < 1.29 is 9.32 Å². The quantitative estimate of drug-likeness (QED) is 0.763. The molecule has 2 aliphatic rings. The Balaban J connectivity index is 1.52. The minimum absolute atomic E-state index is 0.0309. The van der Waals surface area contributed by atoms with Crippen molar-refractivity contribution in [3.8, 4) is 11.5 Å². The molecule has 0 bridgehead atoms. The molecule has 2 aromatic rings. The van der Waals surface area contributed by atoms with Gasteiger partial charge < -0.3 is 14.7 Å². The topological polar surface area (TPSA) is 84.2 Å². The van der Waals surface area contributed by atoms with Gasteiger partial charge in [0.1, 0.15) is 0 Å². The van der Waals surface area contributed by atoms with Crippen LogP contribution < -0.4 is 5.32 Å². The molecule has 3 heterocycles. The highest BCUT2D eigenvalue weighted by atomic mass is 16.5. The maximum absolute atomic E-state index is 12.8. The Kier molecular flexibility index (Phi) is 5.83. The smallest absolute Gasteiger partial charge is 0.317 e. The first-order valence-corrected chi connectivity index (χ1v) is 10.8. The minimum Gasteiger partial charge on any atom is -0.338 e. The van der Waals surface area contributed by atoms with E-state index >= 15 is 0 Å². The Morgan fingerprint density at radius 1 is 1.34 bits per heavy atom. The Morgan fingerprint density at radius 3 is 2.86 bits per heavy atom. The first-order valence-electron chi connectivity index (χ1n) is 10.8. The van der Waals surface area contributed by atoms with Gasteiger partial charge in [-0.3, -0.25) is 4.98 Å². The lowest BCUT2D eigenvalue weighted by atomic mass is 9.75. The van der Waals surface area contributed by atoms with Crippen LogP contribution in [-0.4, -0.2) is 45.7 Å². The van der Waals surface area contributed by atoms with E-state index in [9.17, 15) is 4.79 Å². The van der Waals surface area contributed by atoms with Crippen molar-refractivity contribution >= 4 is 6.03 Å². The Bertz CT molecular complexity index is 818. The number of likely N-dealkylation sites (tertiary alicyclic amines) is 1. The van der Waals surface area contributed by atoms with Gasteiger partial charge in [0.05, 0.1) is 5.41 Å². The lowest BCUT2D eigenvalue weighted by molar-refractivity contribution is 0.134. The van der Waals surface area contributed by atoms with Gasteiger partial charge >= 0.3 is 6.03 Å². The SMILES string of the molecule is CC(C)CCNC(=O)N1CCCC(CC2CC2)(c2noc(-c3ccncc3)n2)C1. The zero-order valence-electron chi connectivity index (χ0n) is 17.4. The van der Waals surface area contributed by atoms with Crippen molar-refractivity contribution in [3.05, 3.63) is 30.4 Å². The average molecular weight is 398 g/mol. The van der Waals surface area contributed by atoms with Gasteiger partial charge in [0, 0.05) is 37.6 Å². The molecule has 29 heavy (non-hydrogen) atoms.